The first kappa shape index (κ1) is 15.9. The van der Waals surface area contributed by atoms with Crippen LogP contribution in [0.1, 0.15) is 19.3 Å². The van der Waals surface area contributed by atoms with Crippen molar-refractivity contribution in [2.24, 2.45) is 0 Å². The highest BCUT2D eigenvalue weighted by Crippen LogP contribution is 2.15. The first-order valence-corrected chi connectivity index (χ1v) is 9.60. The third-order valence-corrected chi connectivity index (χ3v) is 6.51. The number of ether oxygens (including phenoxy) is 1. The fourth-order valence-electron chi connectivity index (χ4n) is 3.28. The summed E-state index contributed by atoms with van der Waals surface area (Å²) < 4.78 is 32.6. The highest BCUT2D eigenvalue weighted by molar-refractivity contribution is 7.89. The number of hydrogen-bond donors (Lipinski definition) is 1. The van der Waals surface area contributed by atoms with Gasteiger partial charge in [0.2, 0.25) is 10.0 Å². The maximum absolute atomic E-state index is 12.6. The van der Waals surface area contributed by atoms with Crippen molar-refractivity contribution in [3.05, 3.63) is 30.3 Å². The summed E-state index contributed by atoms with van der Waals surface area (Å²) in [5.41, 5.74) is 0. The quantitative estimate of drug-likeness (QED) is 0.857. The van der Waals surface area contributed by atoms with Gasteiger partial charge in [-0.25, -0.2) is 8.42 Å². The SMILES string of the molecule is O=S(=O)(c1ccccc1)N1CC[NH+](C[C@H]2CCCCO2)CC1. The van der Waals surface area contributed by atoms with Gasteiger partial charge in [-0.2, -0.15) is 4.31 Å². The average molecular weight is 325 g/mol. The first-order chi connectivity index (χ1) is 10.7. The fourth-order valence-corrected chi connectivity index (χ4v) is 4.74. The van der Waals surface area contributed by atoms with E-state index >= 15 is 0 Å². The van der Waals surface area contributed by atoms with Crippen molar-refractivity contribution in [3.63, 3.8) is 0 Å². The second kappa shape index (κ2) is 7.08. The van der Waals surface area contributed by atoms with Gasteiger partial charge >= 0.3 is 0 Å². The molecule has 2 saturated heterocycles. The number of piperazine rings is 1. The van der Waals surface area contributed by atoms with Crippen LogP contribution in [0.5, 0.6) is 0 Å². The molecule has 1 N–H and O–H groups in total. The number of benzene rings is 1. The Balaban J connectivity index is 1.55. The molecular weight excluding hydrogens is 300 g/mol. The summed E-state index contributed by atoms with van der Waals surface area (Å²) in [7, 11) is -3.33. The van der Waals surface area contributed by atoms with Gasteiger partial charge in [0.05, 0.1) is 31.1 Å². The Labute approximate surface area is 132 Å². The van der Waals surface area contributed by atoms with E-state index in [2.05, 4.69) is 0 Å². The Bertz CT molecular complexity index is 562. The van der Waals surface area contributed by atoms with Gasteiger partial charge in [-0.15, -0.1) is 0 Å². The summed E-state index contributed by atoms with van der Waals surface area (Å²) in [6.07, 6.45) is 3.94. The van der Waals surface area contributed by atoms with E-state index in [-0.39, 0.29) is 0 Å². The molecule has 2 aliphatic rings. The van der Waals surface area contributed by atoms with Gasteiger partial charge in [0.15, 0.2) is 0 Å². The number of sulfonamides is 1. The largest absolute Gasteiger partial charge is 0.372 e. The Morgan fingerprint density at radius 3 is 2.50 bits per heavy atom. The molecule has 0 unspecified atom stereocenters. The number of rotatable bonds is 4. The molecule has 0 spiro atoms. The predicted molar refractivity (Wildman–Crippen MR) is 84.4 cm³/mol. The molecule has 2 heterocycles. The molecule has 22 heavy (non-hydrogen) atoms. The van der Waals surface area contributed by atoms with Crippen molar-refractivity contribution in [2.75, 3.05) is 39.3 Å². The van der Waals surface area contributed by atoms with Gasteiger partial charge < -0.3 is 9.64 Å². The highest BCUT2D eigenvalue weighted by atomic mass is 32.2. The second-order valence-corrected chi connectivity index (χ2v) is 8.10. The monoisotopic (exact) mass is 325 g/mol. The molecule has 0 amide bonds. The van der Waals surface area contributed by atoms with Crippen LogP contribution in [-0.4, -0.2) is 58.2 Å². The van der Waals surface area contributed by atoms with E-state index in [1.807, 2.05) is 6.07 Å². The molecule has 1 atom stereocenters. The molecule has 0 radical (unpaired) electrons. The lowest BCUT2D eigenvalue weighted by Gasteiger charge is -2.34. The van der Waals surface area contributed by atoms with Crippen LogP contribution in [0.2, 0.25) is 0 Å². The third-order valence-electron chi connectivity index (χ3n) is 4.60. The standard InChI is InChI=1S/C16H24N2O3S/c19-22(20,16-7-2-1-3-8-16)18-11-9-17(10-12-18)14-15-6-4-5-13-21-15/h1-3,7-8,15H,4-6,9-14H2/p+1/t15-/m1/s1. The van der Waals surface area contributed by atoms with E-state index in [1.165, 1.54) is 17.7 Å². The van der Waals surface area contributed by atoms with Crippen LogP contribution in [0, 0.1) is 0 Å². The van der Waals surface area contributed by atoms with Crippen LogP contribution < -0.4 is 4.90 Å². The summed E-state index contributed by atoms with van der Waals surface area (Å²) in [5.74, 6) is 0. The van der Waals surface area contributed by atoms with Gasteiger partial charge in [-0.1, -0.05) is 18.2 Å². The molecule has 0 aromatic heterocycles. The van der Waals surface area contributed by atoms with Crippen LogP contribution in [0.15, 0.2) is 35.2 Å². The maximum Gasteiger partial charge on any atom is 0.243 e. The molecule has 2 aliphatic heterocycles. The molecule has 5 nitrogen and oxygen atoms in total. The van der Waals surface area contributed by atoms with Gasteiger partial charge in [0.1, 0.15) is 12.6 Å². The molecule has 3 rings (SSSR count). The molecule has 6 heteroatoms. The van der Waals surface area contributed by atoms with Crippen LogP contribution in [0.4, 0.5) is 0 Å². The Morgan fingerprint density at radius 2 is 1.86 bits per heavy atom. The Morgan fingerprint density at radius 1 is 1.14 bits per heavy atom. The Kier molecular flexibility index (Phi) is 5.13. The lowest BCUT2D eigenvalue weighted by molar-refractivity contribution is -0.907. The minimum Gasteiger partial charge on any atom is -0.372 e. The van der Waals surface area contributed by atoms with Crippen molar-refractivity contribution in [2.45, 2.75) is 30.3 Å². The Hall–Kier alpha value is -0.950. The van der Waals surface area contributed by atoms with Crippen molar-refractivity contribution in [1.82, 2.24) is 4.31 Å². The summed E-state index contributed by atoms with van der Waals surface area (Å²) in [6.45, 7) is 4.82. The lowest BCUT2D eigenvalue weighted by Crippen LogP contribution is -3.15. The normalized spacial score (nSPS) is 25.2. The third kappa shape index (κ3) is 3.68. The first-order valence-electron chi connectivity index (χ1n) is 8.16. The van der Waals surface area contributed by atoms with Crippen LogP contribution in [-0.2, 0) is 14.8 Å². The second-order valence-electron chi connectivity index (χ2n) is 6.16. The fraction of sp³-hybridized carbons (Fsp3) is 0.625. The number of hydrogen-bond acceptors (Lipinski definition) is 3. The number of nitrogens with one attached hydrogen (secondary N) is 1. The van der Waals surface area contributed by atoms with Crippen LogP contribution in [0.3, 0.4) is 0 Å². The van der Waals surface area contributed by atoms with Crippen molar-refractivity contribution in [1.29, 1.82) is 0 Å². The van der Waals surface area contributed by atoms with Crippen molar-refractivity contribution in [3.8, 4) is 0 Å². The molecule has 1 aromatic rings. The lowest BCUT2D eigenvalue weighted by atomic mass is 10.1. The molecular formula is C16H25N2O3S+. The van der Waals surface area contributed by atoms with Crippen molar-refractivity contribution >= 4 is 10.0 Å². The zero-order valence-corrected chi connectivity index (χ0v) is 13.7. The van der Waals surface area contributed by atoms with Gasteiger partial charge in [0.25, 0.3) is 0 Å². The van der Waals surface area contributed by atoms with Crippen molar-refractivity contribution < 1.29 is 18.1 Å². The van der Waals surface area contributed by atoms with E-state index in [0.717, 1.165) is 32.7 Å². The topological polar surface area (TPSA) is 51.0 Å². The molecule has 0 saturated carbocycles. The van der Waals surface area contributed by atoms with Gasteiger partial charge in [0, 0.05) is 6.61 Å². The predicted octanol–water partition coefficient (Wildman–Crippen LogP) is 0.145. The van der Waals surface area contributed by atoms with Gasteiger partial charge in [-0.3, -0.25) is 0 Å². The minimum atomic E-state index is -3.33. The summed E-state index contributed by atoms with van der Waals surface area (Å²) in [6, 6.07) is 8.73. The average Bonchev–Trinajstić information content (AvgIpc) is 2.57. The highest BCUT2D eigenvalue weighted by Gasteiger charge is 2.31. The van der Waals surface area contributed by atoms with E-state index in [4.69, 9.17) is 4.74 Å². The van der Waals surface area contributed by atoms with Crippen LogP contribution in [0.25, 0.3) is 0 Å². The summed E-state index contributed by atoms with van der Waals surface area (Å²) in [4.78, 5) is 1.86. The molecule has 0 bridgehead atoms. The van der Waals surface area contributed by atoms with Gasteiger partial charge in [-0.05, 0) is 31.4 Å². The molecule has 0 aliphatic carbocycles. The van der Waals surface area contributed by atoms with E-state index in [1.54, 1.807) is 28.6 Å². The van der Waals surface area contributed by atoms with E-state index < -0.39 is 10.0 Å². The summed E-state index contributed by atoms with van der Waals surface area (Å²) >= 11 is 0. The zero-order valence-electron chi connectivity index (χ0n) is 12.9. The van der Waals surface area contributed by atoms with E-state index in [9.17, 15) is 8.42 Å². The molecule has 1 aromatic carbocycles. The zero-order chi connectivity index (χ0) is 15.4. The number of nitrogens with zero attached hydrogens (tertiary/aromatic N) is 1. The summed E-state index contributed by atoms with van der Waals surface area (Å²) in [5, 5.41) is 0. The van der Waals surface area contributed by atoms with E-state index in [0.29, 0.717) is 24.1 Å². The molecule has 122 valence electrons. The molecule has 2 fully saturated rings. The minimum absolute atomic E-state index is 0.362. The number of quaternary nitrogens is 1. The maximum atomic E-state index is 12.6. The van der Waals surface area contributed by atoms with Crippen LogP contribution >= 0.6 is 0 Å². The smallest absolute Gasteiger partial charge is 0.243 e.